The second-order valence-corrected chi connectivity index (χ2v) is 5.52. The quantitative estimate of drug-likeness (QED) is 0.511. The van der Waals surface area contributed by atoms with Gasteiger partial charge in [-0.15, -0.1) is 0 Å². The van der Waals surface area contributed by atoms with Crippen molar-refractivity contribution in [1.82, 2.24) is 9.55 Å². The number of imidazole rings is 1. The first-order valence-corrected chi connectivity index (χ1v) is 8.25. The molecule has 0 amide bonds. The molecule has 0 aliphatic heterocycles. The van der Waals surface area contributed by atoms with E-state index in [4.69, 9.17) is 5.26 Å². The molecule has 0 fully saturated rings. The summed E-state index contributed by atoms with van der Waals surface area (Å²) in [6, 6.07) is 2.19. The zero-order valence-corrected chi connectivity index (χ0v) is 13.0. The number of aryl methyl sites for hydroxylation is 2. The molecular weight excluding hydrogens is 246 g/mol. The summed E-state index contributed by atoms with van der Waals surface area (Å²) in [5.41, 5.74) is 0. The first-order chi connectivity index (χ1) is 9.88. The summed E-state index contributed by atoms with van der Waals surface area (Å²) in [6.07, 6.45) is 17.7. The largest absolute Gasteiger partial charge is 0.334 e. The van der Waals surface area contributed by atoms with Gasteiger partial charge in [0.15, 0.2) is 0 Å². The summed E-state index contributed by atoms with van der Waals surface area (Å²) in [7, 11) is 0. The fourth-order valence-electron chi connectivity index (χ4n) is 2.54. The van der Waals surface area contributed by atoms with Crippen LogP contribution in [-0.4, -0.2) is 9.55 Å². The molecule has 0 saturated heterocycles. The summed E-state index contributed by atoms with van der Waals surface area (Å²) < 4.78 is 2.12. The Morgan fingerprint density at radius 1 is 1.05 bits per heavy atom. The van der Waals surface area contributed by atoms with Crippen molar-refractivity contribution >= 4 is 0 Å². The Labute approximate surface area is 124 Å². The van der Waals surface area contributed by atoms with Crippen LogP contribution >= 0.6 is 0 Å². The lowest BCUT2D eigenvalue weighted by atomic mass is 10.1. The van der Waals surface area contributed by atoms with Gasteiger partial charge in [-0.05, 0) is 6.42 Å². The molecule has 3 heteroatoms. The monoisotopic (exact) mass is 275 g/mol. The third-order valence-electron chi connectivity index (χ3n) is 3.77. The standard InChI is InChI=1S/C17H29N3/c1-2-3-4-5-6-7-8-9-10-12-17-19-14-16-20(17)15-11-13-18/h14,16H,2-12,15H2,1H3. The SMILES string of the molecule is CCCCCCCCCCCc1nccn1CCC#N. The van der Waals surface area contributed by atoms with E-state index in [-0.39, 0.29) is 0 Å². The molecule has 112 valence electrons. The van der Waals surface area contributed by atoms with Gasteiger partial charge < -0.3 is 4.57 Å². The van der Waals surface area contributed by atoms with Gasteiger partial charge in [-0.2, -0.15) is 5.26 Å². The van der Waals surface area contributed by atoms with Crippen LogP contribution in [0.25, 0.3) is 0 Å². The van der Waals surface area contributed by atoms with Gasteiger partial charge in [0.25, 0.3) is 0 Å². The predicted molar refractivity (Wildman–Crippen MR) is 83.4 cm³/mol. The molecular formula is C17H29N3. The van der Waals surface area contributed by atoms with Crippen molar-refractivity contribution in [2.45, 2.75) is 84.1 Å². The lowest BCUT2D eigenvalue weighted by Gasteiger charge is -2.05. The zero-order chi connectivity index (χ0) is 14.5. The number of nitrogens with zero attached hydrogens (tertiary/aromatic N) is 3. The third-order valence-corrected chi connectivity index (χ3v) is 3.77. The molecule has 0 aliphatic carbocycles. The average Bonchev–Trinajstić information content (AvgIpc) is 2.91. The Bertz CT molecular complexity index is 376. The fourth-order valence-corrected chi connectivity index (χ4v) is 2.54. The molecule has 0 saturated carbocycles. The molecule has 1 aromatic rings. The van der Waals surface area contributed by atoms with Crippen molar-refractivity contribution in [1.29, 1.82) is 5.26 Å². The summed E-state index contributed by atoms with van der Waals surface area (Å²) >= 11 is 0. The fraction of sp³-hybridized carbons (Fsp3) is 0.765. The maximum absolute atomic E-state index is 8.62. The van der Waals surface area contributed by atoms with Crippen LogP contribution in [0.3, 0.4) is 0 Å². The van der Waals surface area contributed by atoms with E-state index in [1.165, 1.54) is 57.8 Å². The average molecular weight is 275 g/mol. The number of nitriles is 1. The van der Waals surface area contributed by atoms with E-state index in [1.54, 1.807) is 0 Å². The molecule has 1 aromatic heterocycles. The van der Waals surface area contributed by atoms with Gasteiger partial charge in [0.05, 0.1) is 12.5 Å². The number of unbranched alkanes of at least 4 members (excludes halogenated alkanes) is 8. The molecule has 0 radical (unpaired) electrons. The van der Waals surface area contributed by atoms with Crippen molar-refractivity contribution in [2.75, 3.05) is 0 Å². The summed E-state index contributed by atoms with van der Waals surface area (Å²) in [5, 5.41) is 8.62. The Balaban J connectivity index is 2.01. The Morgan fingerprint density at radius 3 is 2.35 bits per heavy atom. The van der Waals surface area contributed by atoms with Crippen molar-refractivity contribution < 1.29 is 0 Å². The van der Waals surface area contributed by atoms with E-state index in [1.807, 2.05) is 12.4 Å². The minimum Gasteiger partial charge on any atom is -0.334 e. The highest BCUT2D eigenvalue weighted by Gasteiger charge is 2.02. The lowest BCUT2D eigenvalue weighted by Crippen LogP contribution is -2.02. The van der Waals surface area contributed by atoms with E-state index in [9.17, 15) is 0 Å². The van der Waals surface area contributed by atoms with Crippen LogP contribution in [-0.2, 0) is 13.0 Å². The summed E-state index contributed by atoms with van der Waals surface area (Å²) in [6.45, 7) is 3.05. The molecule has 0 unspecified atom stereocenters. The van der Waals surface area contributed by atoms with E-state index in [0.717, 1.165) is 18.8 Å². The number of hydrogen-bond donors (Lipinski definition) is 0. The van der Waals surface area contributed by atoms with Crippen molar-refractivity contribution in [2.24, 2.45) is 0 Å². The molecule has 0 N–H and O–H groups in total. The van der Waals surface area contributed by atoms with Crippen LogP contribution < -0.4 is 0 Å². The van der Waals surface area contributed by atoms with Gasteiger partial charge in [0.1, 0.15) is 5.82 Å². The van der Waals surface area contributed by atoms with Gasteiger partial charge in [-0.1, -0.05) is 58.3 Å². The van der Waals surface area contributed by atoms with Gasteiger partial charge in [-0.25, -0.2) is 4.98 Å². The highest BCUT2D eigenvalue weighted by atomic mass is 15.1. The maximum Gasteiger partial charge on any atom is 0.108 e. The lowest BCUT2D eigenvalue weighted by molar-refractivity contribution is 0.555. The molecule has 1 rings (SSSR count). The number of rotatable bonds is 12. The van der Waals surface area contributed by atoms with Gasteiger partial charge in [0, 0.05) is 25.4 Å². The highest BCUT2D eigenvalue weighted by molar-refractivity contribution is 4.93. The van der Waals surface area contributed by atoms with Gasteiger partial charge >= 0.3 is 0 Å². The normalized spacial score (nSPS) is 10.6. The molecule has 0 aliphatic rings. The maximum atomic E-state index is 8.62. The van der Waals surface area contributed by atoms with Crippen LogP contribution in [0.2, 0.25) is 0 Å². The van der Waals surface area contributed by atoms with Crippen molar-refractivity contribution in [3.05, 3.63) is 18.2 Å². The minimum absolute atomic E-state index is 0.571. The third kappa shape index (κ3) is 7.33. The second kappa shape index (κ2) is 11.5. The molecule has 0 bridgehead atoms. The molecule has 0 spiro atoms. The smallest absolute Gasteiger partial charge is 0.108 e. The molecule has 3 nitrogen and oxygen atoms in total. The summed E-state index contributed by atoms with van der Waals surface area (Å²) in [5.74, 6) is 1.14. The number of hydrogen-bond acceptors (Lipinski definition) is 2. The van der Waals surface area contributed by atoms with Gasteiger partial charge in [-0.3, -0.25) is 0 Å². The predicted octanol–water partition coefficient (Wildman–Crippen LogP) is 4.87. The van der Waals surface area contributed by atoms with E-state index in [0.29, 0.717) is 6.42 Å². The Kier molecular flexibility index (Phi) is 9.65. The van der Waals surface area contributed by atoms with Crippen molar-refractivity contribution in [3.63, 3.8) is 0 Å². The first kappa shape index (κ1) is 16.8. The highest BCUT2D eigenvalue weighted by Crippen LogP contribution is 2.11. The molecule has 0 atom stereocenters. The van der Waals surface area contributed by atoms with E-state index in [2.05, 4.69) is 22.5 Å². The van der Waals surface area contributed by atoms with Crippen LogP contribution in [0.4, 0.5) is 0 Å². The Hall–Kier alpha value is -1.30. The molecule has 20 heavy (non-hydrogen) atoms. The molecule has 0 aromatic carbocycles. The Morgan fingerprint density at radius 2 is 1.70 bits per heavy atom. The van der Waals surface area contributed by atoms with Crippen molar-refractivity contribution in [3.8, 4) is 6.07 Å². The molecule has 1 heterocycles. The zero-order valence-electron chi connectivity index (χ0n) is 13.0. The van der Waals surface area contributed by atoms with Crippen LogP contribution in [0.15, 0.2) is 12.4 Å². The topological polar surface area (TPSA) is 41.6 Å². The first-order valence-electron chi connectivity index (χ1n) is 8.25. The van der Waals surface area contributed by atoms with Crippen LogP contribution in [0, 0.1) is 11.3 Å². The van der Waals surface area contributed by atoms with Gasteiger partial charge in [0.2, 0.25) is 0 Å². The summed E-state index contributed by atoms with van der Waals surface area (Å²) in [4.78, 5) is 4.39. The van der Waals surface area contributed by atoms with E-state index < -0.39 is 0 Å². The van der Waals surface area contributed by atoms with Crippen LogP contribution in [0.1, 0.15) is 77.0 Å². The van der Waals surface area contributed by atoms with E-state index >= 15 is 0 Å². The second-order valence-electron chi connectivity index (χ2n) is 5.52. The number of aromatic nitrogens is 2. The van der Waals surface area contributed by atoms with Crippen LogP contribution in [0.5, 0.6) is 0 Å². The minimum atomic E-state index is 0.571.